The fourth-order valence-corrected chi connectivity index (χ4v) is 1.28. The van der Waals surface area contributed by atoms with E-state index in [2.05, 4.69) is 11.1 Å². The van der Waals surface area contributed by atoms with Gasteiger partial charge in [0.05, 0.1) is 12.3 Å². The molecule has 2 N–H and O–H groups in total. The van der Waals surface area contributed by atoms with Crippen molar-refractivity contribution in [1.82, 2.24) is 4.98 Å². The number of hydrogen-bond donors (Lipinski definition) is 1. The monoisotopic (exact) mass is 220 g/mol. The quantitative estimate of drug-likeness (QED) is 0.829. The van der Waals surface area contributed by atoms with Gasteiger partial charge in [0.1, 0.15) is 5.75 Å². The summed E-state index contributed by atoms with van der Waals surface area (Å²) in [6, 6.07) is 2.17. The molecule has 0 aromatic carbocycles. The molecule has 3 nitrogen and oxygen atoms in total. The maximum atomic E-state index is 5.66. The second kappa shape index (κ2) is 6.28. The summed E-state index contributed by atoms with van der Waals surface area (Å²) in [6.45, 7) is 5.98. The Bertz CT molecular complexity index is 346. The molecular weight excluding hydrogens is 200 g/mol. The van der Waals surface area contributed by atoms with Crippen LogP contribution in [-0.4, -0.2) is 17.1 Å². The number of aromatic nitrogens is 1. The van der Waals surface area contributed by atoms with E-state index in [9.17, 15) is 0 Å². The second-order valence-electron chi connectivity index (χ2n) is 4.24. The van der Waals surface area contributed by atoms with Crippen LogP contribution in [0.5, 0.6) is 5.75 Å². The van der Waals surface area contributed by atoms with Crippen LogP contribution in [0, 0.1) is 0 Å². The highest BCUT2D eigenvalue weighted by molar-refractivity contribution is 5.49. The van der Waals surface area contributed by atoms with E-state index < -0.39 is 0 Å². The van der Waals surface area contributed by atoms with Crippen molar-refractivity contribution in [2.75, 3.05) is 0 Å². The van der Waals surface area contributed by atoms with E-state index >= 15 is 0 Å². The van der Waals surface area contributed by atoms with E-state index in [4.69, 9.17) is 10.5 Å². The van der Waals surface area contributed by atoms with Gasteiger partial charge in [-0.05, 0) is 38.8 Å². The Kier molecular flexibility index (Phi) is 4.99. The molecule has 0 amide bonds. The minimum Gasteiger partial charge on any atom is -0.489 e. The Labute approximate surface area is 97.3 Å². The smallest absolute Gasteiger partial charge is 0.138 e. The maximum absolute atomic E-state index is 5.66. The average Bonchev–Trinajstić information content (AvgIpc) is 2.16. The summed E-state index contributed by atoms with van der Waals surface area (Å²) in [6.07, 6.45) is 8.65. The fourth-order valence-electron chi connectivity index (χ4n) is 1.28. The third kappa shape index (κ3) is 4.94. The Hall–Kier alpha value is -1.35. The molecule has 0 bridgehead atoms. The molecule has 3 heteroatoms. The zero-order chi connectivity index (χ0) is 12.0. The van der Waals surface area contributed by atoms with Gasteiger partial charge in [0.15, 0.2) is 0 Å². The molecule has 0 aliphatic rings. The maximum Gasteiger partial charge on any atom is 0.138 e. The molecule has 88 valence electrons. The van der Waals surface area contributed by atoms with Crippen molar-refractivity contribution in [3.05, 3.63) is 30.1 Å². The molecule has 16 heavy (non-hydrogen) atoms. The van der Waals surface area contributed by atoms with Gasteiger partial charge in [0.2, 0.25) is 0 Å². The normalized spacial score (nSPS) is 13.3. The first-order valence-corrected chi connectivity index (χ1v) is 5.61. The molecule has 0 radical (unpaired) electrons. The van der Waals surface area contributed by atoms with Crippen LogP contribution in [0.15, 0.2) is 24.5 Å². The number of rotatable bonds is 5. The highest BCUT2D eigenvalue weighted by atomic mass is 16.5. The van der Waals surface area contributed by atoms with Gasteiger partial charge in [-0.2, -0.15) is 0 Å². The summed E-state index contributed by atoms with van der Waals surface area (Å²) in [7, 11) is 0. The highest BCUT2D eigenvalue weighted by Crippen LogP contribution is 2.14. The largest absolute Gasteiger partial charge is 0.489 e. The second-order valence-corrected chi connectivity index (χ2v) is 4.24. The van der Waals surface area contributed by atoms with Crippen molar-refractivity contribution < 1.29 is 4.74 Å². The van der Waals surface area contributed by atoms with Gasteiger partial charge in [-0.15, -0.1) is 0 Å². The standard InChI is InChI=1S/C13H20N2O/c1-10(2)16-13-7-12(8-15-9-13)6-4-5-11(3)14/h4,6-11H,5,14H2,1-3H3/t11-/m0/s1. The van der Waals surface area contributed by atoms with E-state index in [1.54, 1.807) is 6.20 Å². The van der Waals surface area contributed by atoms with Crippen LogP contribution < -0.4 is 10.5 Å². The first kappa shape index (κ1) is 12.7. The molecule has 1 atom stereocenters. The van der Waals surface area contributed by atoms with Crippen LogP contribution in [-0.2, 0) is 0 Å². The van der Waals surface area contributed by atoms with Crippen molar-refractivity contribution in [2.24, 2.45) is 5.73 Å². The zero-order valence-electron chi connectivity index (χ0n) is 10.2. The predicted octanol–water partition coefficient (Wildman–Crippen LogP) is 2.62. The summed E-state index contributed by atoms with van der Waals surface area (Å²) in [5.41, 5.74) is 6.70. The van der Waals surface area contributed by atoms with Crippen LogP contribution >= 0.6 is 0 Å². The molecule has 0 unspecified atom stereocenters. The van der Waals surface area contributed by atoms with E-state index in [1.807, 2.05) is 39.1 Å². The molecule has 1 heterocycles. The summed E-state index contributed by atoms with van der Waals surface area (Å²) in [4.78, 5) is 4.13. The molecule has 0 fully saturated rings. The van der Waals surface area contributed by atoms with Gasteiger partial charge in [-0.3, -0.25) is 4.98 Å². The highest BCUT2D eigenvalue weighted by Gasteiger charge is 1.98. The van der Waals surface area contributed by atoms with E-state index in [0.29, 0.717) is 0 Å². The van der Waals surface area contributed by atoms with E-state index in [-0.39, 0.29) is 12.1 Å². The number of nitrogens with zero attached hydrogens (tertiary/aromatic N) is 1. The van der Waals surface area contributed by atoms with Crippen molar-refractivity contribution >= 4 is 6.08 Å². The third-order valence-corrected chi connectivity index (χ3v) is 1.92. The molecule has 1 aromatic heterocycles. The summed E-state index contributed by atoms with van der Waals surface area (Å²) < 4.78 is 5.56. The Morgan fingerprint density at radius 3 is 2.75 bits per heavy atom. The first-order chi connectivity index (χ1) is 7.58. The molecule has 0 aliphatic carbocycles. The zero-order valence-corrected chi connectivity index (χ0v) is 10.2. The van der Waals surface area contributed by atoms with Crippen molar-refractivity contribution in [2.45, 2.75) is 39.3 Å². The van der Waals surface area contributed by atoms with Crippen LogP contribution in [0.3, 0.4) is 0 Å². The molecule has 1 aromatic rings. The van der Waals surface area contributed by atoms with Gasteiger partial charge in [0.25, 0.3) is 0 Å². The molecule has 0 aliphatic heterocycles. The van der Waals surface area contributed by atoms with Crippen LogP contribution in [0.2, 0.25) is 0 Å². The average molecular weight is 220 g/mol. The van der Waals surface area contributed by atoms with Crippen molar-refractivity contribution in [1.29, 1.82) is 0 Å². The van der Waals surface area contributed by atoms with E-state index in [0.717, 1.165) is 17.7 Å². The minimum atomic E-state index is 0.171. The number of ether oxygens (including phenoxy) is 1. The lowest BCUT2D eigenvalue weighted by atomic mass is 10.2. The molecule has 0 saturated heterocycles. The third-order valence-electron chi connectivity index (χ3n) is 1.92. The van der Waals surface area contributed by atoms with E-state index in [1.165, 1.54) is 0 Å². The number of hydrogen-bond acceptors (Lipinski definition) is 3. The van der Waals surface area contributed by atoms with Crippen LogP contribution in [0.25, 0.3) is 6.08 Å². The number of nitrogens with two attached hydrogens (primary N) is 1. The topological polar surface area (TPSA) is 48.1 Å². The lowest BCUT2D eigenvalue weighted by molar-refractivity contribution is 0.241. The lowest BCUT2D eigenvalue weighted by Crippen LogP contribution is -2.12. The molecule has 0 saturated carbocycles. The Balaban J connectivity index is 2.63. The molecular formula is C13H20N2O. The number of pyridine rings is 1. The van der Waals surface area contributed by atoms with Crippen LogP contribution in [0.1, 0.15) is 32.8 Å². The predicted molar refractivity (Wildman–Crippen MR) is 67.3 cm³/mol. The van der Waals surface area contributed by atoms with Gasteiger partial charge >= 0.3 is 0 Å². The Morgan fingerprint density at radius 2 is 2.12 bits per heavy atom. The van der Waals surface area contributed by atoms with Gasteiger partial charge in [-0.25, -0.2) is 0 Å². The van der Waals surface area contributed by atoms with Gasteiger partial charge < -0.3 is 10.5 Å². The summed E-state index contributed by atoms with van der Waals surface area (Å²) in [5, 5.41) is 0. The summed E-state index contributed by atoms with van der Waals surface area (Å²) >= 11 is 0. The van der Waals surface area contributed by atoms with Gasteiger partial charge in [-0.1, -0.05) is 12.2 Å². The first-order valence-electron chi connectivity index (χ1n) is 5.61. The Morgan fingerprint density at radius 1 is 1.38 bits per heavy atom. The molecule has 0 spiro atoms. The van der Waals surface area contributed by atoms with Crippen molar-refractivity contribution in [3.8, 4) is 5.75 Å². The van der Waals surface area contributed by atoms with Crippen LogP contribution in [0.4, 0.5) is 0 Å². The molecule has 1 rings (SSSR count). The summed E-state index contributed by atoms with van der Waals surface area (Å²) in [5.74, 6) is 0.804. The fraction of sp³-hybridized carbons (Fsp3) is 0.462. The van der Waals surface area contributed by atoms with Gasteiger partial charge in [0, 0.05) is 12.2 Å². The van der Waals surface area contributed by atoms with Crippen molar-refractivity contribution in [3.63, 3.8) is 0 Å². The minimum absolute atomic E-state index is 0.171. The SMILES string of the molecule is CC(C)Oc1cncc(C=CC[C@H](C)N)c1. The lowest BCUT2D eigenvalue weighted by Gasteiger charge is -2.09.